The molecule has 0 aromatic rings. The Bertz CT molecular complexity index is 1710. The van der Waals surface area contributed by atoms with Gasteiger partial charge < -0.3 is 10.2 Å². The molecule has 13 heteroatoms. The number of carbonyl (C=O) groups is 5. The van der Waals surface area contributed by atoms with E-state index in [2.05, 4.69) is 35.7 Å². The first-order valence-corrected chi connectivity index (χ1v) is 24.4. The lowest BCUT2D eigenvalue weighted by Gasteiger charge is -2.37. The average Bonchev–Trinajstić information content (AvgIpc) is 3.67. The third-order valence-corrected chi connectivity index (χ3v) is 18.6. The van der Waals surface area contributed by atoms with Gasteiger partial charge in [0.25, 0.3) is 0 Å². The van der Waals surface area contributed by atoms with Gasteiger partial charge in [0, 0.05) is 43.8 Å². The molecule has 58 heavy (non-hydrogen) atoms. The van der Waals surface area contributed by atoms with Crippen LogP contribution in [0.4, 0.5) is 0 Å². The second kappa shape index (κ2) is 16.5. The molecule has 0 radical (unpaired) electrons. The summed E-state index contributed by atoms with van der Waals surface area (Å²) in [4.78, 5) is 76.7. The van der Waals surface area contributed by atoms with E-state index in [1.54, 1.807) is 18.7 Å². The third-order valence-electron chi connectivity index (χ3n) is 17.0. The summed E-state index contributed by atoms with van der Waals surface area (Å²) < 4.78 is 29.9. The van der Waals surface area contributed by atoms with Gasteiger partial charge in [0.15, 0.2) is 11.6 Å². The van der Waals surface area contributed by atoms with Crippen molar-refractivity contribution in [1.29, 1.82) is 0 Å². The monoisotopic (exact) mass is 830 g/mol. The van der Waals surface area contributed by atoms with E-state index in [9.17, 15) is 27.6 Å². The molecule has 0 aromatic heterocycles. The van der Waals surface area contributed by atoms with Gasteiger partial charge in [-0.2, -0.15) is 12.7 Å². The summed E-state index contributed by atoms with van der Waals surface area (Å²) in [5.41, 5.74) is -2.07. The first-order chi connectivity index (χ1) is 27.2. The SMILES string of the molecule is CC[C@@H]1C[C@]1(CC(=O)[C@@H]1C[C@@]2(CN1C(=O)[C@@H](CC(=O)[C@@H](NC(=O)[C@@H]1CCCN1CC)C1CCCCC1)C(C)(C)C)C(C)(C)C21CCC1)C(=O)NS(=O)(=O)N(CC)CC. The predicted molar refractivity (Wildman–Crippen MR) is 224 cm³/mol. The Morgan fingerprint density at radius 2 is 1.50 bits per heavy atom. The predicted octanol–water partition coefficient (Wildman–Crippen LogP) is 6.03. The van der Waals surface area contributed by atoms with Gasteiger partial charge in [0.2, 0.25) is 17.7 Å². The first kappa shape index (κ1) is 45.2. The minimum Gasteiger partial charge on any atom is -0.345 e. The number of ketones is 2. The second-order valence-corrected chi connectivity index (χ2v) is 22.4. The van der Waals surface area contributed by atoms with Gasteiger partial charge in [-0.15, -0.1) is 0 Å². The zero-order valence-electron chi connectivity index (χ0n) is 37.2. The Labute approximate surface area is 349 Å². The Morgan fingerprint density at radius 3 is 2.02 bits per heavy atom. The number of hydrogen-bond donors (Lipinski definition) is 2. The summed E-state index contributed by atoms with van der Waals surface area (Å²) in [5.74, 6) is -2.10. The van der Waals surface area contributed by atoms with Crippen LogP contribution in [0.1, 0.15) is 159 Å². The van der Waals surface area contributed by atoms with Gasteiger partial charge in [0.05, 0.1) is 23.5 Å². The normalized spacial score (nSPS) is 31.6. The Kier molecular flexibility index (Phi) is 12.8. The molecule has 2 N–H and O–H groups in total. The van der Waals surface area contributed by atoms with Gasteiger partial charge in [-0.3, -0.25) is 28.9 Å². The van der Waals surface area contributed by atoms with E-state index >= 15 is 4.79 Å². The van der Waals surface area contributed by atoms with Crippen molar-refractivity contribution in [2.75, 3.05) is 32.7 Å². The molecule has 6 fully saturated rings. The summed E-state index contributed by atoms with van der Waals surface area (Å²) in [6.07, 6.45) is 11.2. The quantitative estimate of drug-likeness (QED) is 0.180. The van der Waals surface area contributed by atoms with E-state index in [0.717, 1.165) is 77.3 Å². The fourth-order valence-electron chi connectivity index (χ4n) is 12.9. The molecule has 4 saturated carbocycles. The molecule has 0 bridgehead atoms. The van der Waals surface area contributed by atoms with Gasteiger partial charge in [0.1, 0.15) is 0 Å². The standard InChI is InChI=1S/C45H75N5O7S/c1-10-31-26-43(31,40(55)47-58(56,57)49(12-3)13-4)28-36(52)34-27-45(42(8,9)44(45)22-18-23-44)29-50(34)39(54)32(41(5,6)7)25-35(51)37(30-19-15-14-16-20-30)46-38(53)33-21-17-24-48(33)11-2/h30-34,37H,10-29H2,1-9H3,(H,46,53)(H,47,55)/t31-,32-,33+,34+,37+,43-,45-/m1/s1. The summed E-state index contributed by atoms with van der Waals surface area (Å²) in [6.45, 7) is 20.4. The van der Waals surface area contributed by atoms with Crippen LogP contribution >= 0.6 is 0 Å². The zero-order chi connectivity index (χ0) is 42.6. The summed E-state index contributed by atoms with van der Waals surface area (Å²) in [5, 5.41) is 3.24. The zero-order valence-corrected chi connectivity index (χ0v) is 38.0. The Balaban J connectivity index is 1.28. The minimum atomic E-state index is -4.08. The third kappa shape index (κ3) is 7.62. The van der Waals surface area contributed by atoms with Crippen LogP contribution in [0, 0.1) is 44.8 Å². The maximum absolute atomic E-state index is 15.3. The largest absolute Gasteiger partial charge is 0.345 e. The van der Waals surface area contributed by atoms with Crippen molar-refractivity contribution < 1.29 is 32.4 Å². The number of fused-ring (bicyclic) bond motifs is 1. The molecule has 2 spiro atoms. The van der Waals surface area contributed by atoms with Crippen molar-refractivity contribution in [3.8, 4) is 0 Å². The number of rotatable bonds is 17. The van der Waals surface area contributed by atoms with Crippen molar-refractivity contribution in [3.05, 3.63) is 0 Å². The molecule has 2 saturated heterocycles. The van der Waals surface area contributed by atoms with E-state index < -0.39 is 44.9 Å². The highest BCUT2D eigenvalue weighted by atomic mass is 32.2. The molecule has 2 heterocycles. The minimum absolute atomic E-state index is 0.0189. The highest BCUT2D eigenvalue weighted by Gasteiger charge is 2.85. The molecule has 3 amide bonds. The van der Waals surface area contributed by atoms with Crippen LogP contribution in [-0.2, 0) is 34.2 Å². The lowest BCUT2D eigenvalue weighted by molar-refractivity contribution is -0.147. The molecule has 2 aliphatic heterocycles. The molecule has 0 aromatic carbocycles. The molecular weight excluding hydrogens is 755 g/mol. The van der Waals surface area contributed by atoms with Gasteiger partial charge in [-0.05, 0) is 92.5 Å². The average molecular weight is 830 g/mol. The van der Waals surface area contributed by atoms with E-state index in [0.29, 0.717) is 25.8 Å². The second-order valence-electron chi connectivity index (χ2n) is 20.7. The molecule has 12 nitrogen and oxygen atoms in total. The molecule has 7 atom stereocenters. The topological polar surface area (TPSA) is 153 Å². The number of nitrogens with one attached hydrogen (secondary N) is 2. The molecule has 0 unspecified atom stereocenters. The fraction of sp³-hybridized carbons (Fsp3) is 0.889. The highest BCUT2D eigenvalue weighted by molar-refractivity contribution is 7.87. The number of carbonyl (C=O) groups excluding carboxylic acids is 5. The van der Waals surface area contributed by atoms with Crippen molar-refractivity contribution in [2.24, 2.45) is 44.8 Å². The van der Waals surface area contributed by atoms with E-state index in [1.807, 2.05) is 27.7 Å². The lowest BCUT2D eigenvalue weighted by atomic mass is 9.73. The number of nitrogens with zero attached hydrogens (tertiary/aromatic N) is 3. The summed E-state index contributed by atoms with van der Waals surface area (Å²) in [7, 11) is -4.08. The van der Waals surface area contributed by atoms with Crippen LogP contribution in [0.15, 0.2) is 0 Å². The number of likely N-dealkylation sites (tertiary alicyclic amines) is 2. The number of likely N-dealkylation sites (N-methyl/N-ethyl adjacent to an activating group) is 1. The van der Waals surface area contributed by atoms with Crippen molar-refractivity contribution in [1.82, 2.24) is 24.1 Å². The number of hydrogen-bond acceptors (Lipinski definition) is 8. The maximum atomic E-state index is 15.3. The summed E-state index contributed by atoms with van der Waals surface area (Å²) in [6, 6.07) is -1.69. The molecular formula is C45H75N5O7S. The van der Waals surface area contributed by atoms with Crippen LogP contribution in [0.3, 0.4) is 0 Å². The summed E-state index contributed by atoms with van der Waals surface area (Å²) >= 11 is 0. The van der Waals surface area contributed by atoms with Gasteiger partial charge >= 0.3 is 10.2 Å². The molecule has 6 aliphatic rings. The van der Waals surface area contributed by atoms with Crippen LogP contribution in [-0.4, -0.2) is 103 Å². The van der Waals surface area contributed by atoms with Crippen LogP contribution < -0.4 is 10.0 Å². The smallest absolute Gasteiger partial charge is 0.303 e. The number of amides is 3. The van der Waals surface area contributed by atoms with Crippen LogP contribution in [0.25, 0.3) is 0 Å². The van der Waals surface area contributed by atoms with Gasteiger partial charge in [-0.25, -0.2) is 4.72 Å². The van der Waals surface area contributed by atoms with Crippen molar-refractivity contribution in [2.45, 2.75) is 177 Å². The molecule has 4 aliphatic carbocycles. The molecule has 328 valence electrons. The van der Waals surface area contributed by atoms with Crippen LogP contribution in [0.5, 0.6) is 0 Å². The Hall–Kier alpha value is -2.38. The van der Waals surface area contributed by atoms with Crippen molar-refractivity contribution >= 4 is 39.5 Å². The van der Waals surface area contributed by atoms with Crippen LogP contribution in [0.2, 0.25) is 0 Å². The lowest BCUT2D eigenvalue weighted by Crippen LogP contribution is -2.54. The van der Waals surface area contributed by atoms with E-state index in [-0.39, 0.29) is 83.4 Å². The van der Waals surface area contributed by atoms with E-state index in [1.165, 1.54) is 4.31 Å². The van der Waals surface area contributed by atoms with E-state index in [4.69, 9.17) is 0 Å². The van der Waals surface area contributed by atoms with Gasteiger partial charge in [-0.1, -0.05) is 94.4 Å². The Morgan fingerprint density at radius 1 is 0.845 bits per heavy atom. The maximum Gasteiger partial charge on any atom is 0.303 e. The molecule has 6 rings (SSSR count). The van der Waals surface area contributed by atoms with Crippen molar-refractivity contribution in [3.63, 3.8) is 0 Å². The number of Topliss-reactive ketones (excluding diaryl/α,β-unsaturated/α-hetero) is 2. The highest BCUT2D eigenvalue weighted by Crippen LogP contribution is 2.88. The fourth-order valence-corrected chi connectivity index (χ4v) is 14.1. The first-order valence-electron chi connectivity index (χ1n) is 22.9.